The van der Waals surface area contributed by atoms with Gasteiger partial charge in [-0.3, -0.25) is 0 Å². The molecule has 2 fully saturated rings. The Balaban J connectivity index is 1.86. The normalized spacial score (nSPS) is 40.9. The second-order valence-corrected chi connectivity index (χ2v) is 5.88. The maximum atomic E-state index is 9.28. The van der Waals surface area contributed by atoms with Crippen molar-refractivity contribution in [1.82, 2.24) is 0 Å². The second kappa shape index (κ2) is 3.84. The van der Waals surface area contributed by atoms with Crippen molar-refractivity contribution in [2.75, 3.05) is 6.61 Å². The van der Waals surface area contributed by atoms with Gasteiger partial charge in [0.25, 0.3) is 0 Å². The Morgan fingerprint density at radius 1 is 1.29 bits per heavy atom. The summed E-state index contributed by atoms with van der Waals surface area (Å²) in [4.78, 5) is 0. The zero-order valence-electron chi connectivity index (χ0n) is 9.63. The standard InChI is InChI=1S/C13H24O/c1-10(11-6-4-3-5-7-11)12-8-13(12,2)9-14/h10-12,14H,3-9H2,1-2H3/t10-,12-,13-/m0/s1. The molecule has 0 heterocycles. The summed E-state index contributed by atoms with van der Waals surface area (Å²) in [6, 6.07) is 0. The smallest absolute Gasteiger partial charge is 0.0487 e. The van der Waals surface area contributed by atoms with E-state index in [0.717, 1.165) is 17.8 Å². The van der Waals surface area contributed by atoms with Gasteiger partial charge in [-0.25, -0.2) is 0 Å². The first kappa shape index (κ1) is 10.5. The summed E-state index contributed by atoms with van der Waals surface area (Å²) in [7, 11) is 0. The van der Waals surface area contributed by atoms with Crippen LogP contribution in [0.3, 0.4) is 0 Å². The molecule has 0 radical (unpaired) electrons. The fraction of sp³-hybridized carbons (Fsp3) is 1.00. The van der Waals surface area contributed by atoms with Crippen LogP contribution in [0, 0.1) is 23.2 Å². The zero-order chi connectivity index (χ0) is 10.2. The molecule has 2 aliphatic rings. The lowest BCUT2D eigenvalue weighted by molar-refractivity contribution is 0.170. The molecule has 82 valence electrons. The van der Waals surface area contributed by atoms with E-state index in [4.69, 9.17) is 0 Å². The summed E-state index contributed by atoms with van der Waals surface area (Å²) < 4.78 is 0. The van der Waals surface area contributed by atoms with Gasteiger partial charge in [0, 0.05) is 6.61 Å². The molecule has 0 amide bonds. The van der Waals surface area contributed by atoms with Crippen LogP contribution in [0.2, 0.25) is 0 Å². The third kappa shape index (κ3) is 1.84. The quantitative estimate of drug-likeness (QED) is 0.735. The monoisotopic (exact) mass is 196 g/mol. The topological polar surface area (TPSA) is 20.2 Å². The summed E-state index contributed by atoms with van der Waals surface area (Å²) in [6.45, 7) is 5.06. The molecule has 0 unspecified atom stereocenters. The SMILES string of the molecule is C[C@@H](C1CCCCC1)[C@@H]1C[C@@]1(C)CO. The Morgan fingerprint density at radius 2 is 1.93 bits per heavy atom. The van der Waals surface area contributed by atoms with Crippen LogP contribution >= 0.6 is 0 Å². The lowest BCUT2D eigenvalue weighted by atomic mass is 9.77. The lowest BCUT2D eigenvalue weighted by Crippen LogP contribution is -2.20. The summed E-state index contributed by atoms with van der Waals surface area (Å²) >= 11 is 0. The molecule has 2 aliphatic carbocycles. The van der Waals surface area contributed by atoms with Crippen molar-refractivity contribution in [1.29, 1.82) is 0 Å². The summed E-state index contributed by atoms with van der Waals surface area (Å²) in [5, 5.41) is 9.28. The average Bonchev–Trinajstić information content (AvgIpc) is 2.92. The van der Waals surface area contributed by atoms with Gasteiger partial charge in [0.1, 0.15) is 0 Å². The molecular formula is C13H24O. The zero-order valence-corrected chi connectivity index (χ0v) is 9.63. The number of aliphatic hydroxyl groups is 1. The highest BCUT2D eigenvalue weighted by atomic mass is 16.3. The molecular weight excluding hydrogens is 172 g/mol. The van der Waals surface area contributed by atoms with Crippen molar-refractivity contribution < 1.29 is 5.11 Å². The molecule has 0 aromatic carbocycles. The van der Waals surface area contributed by atoms with Crippen molar-refractivity contribution in [2.45, 2.75) is 52.4 Å². The van der Waals surface area contributed by atoms with Crippen LogP contribution in [0.25, 0.3) is 0 Å². The number of rotatable bonds is 3. The Kier molecular flexibility index (Phi) is 2.88. The maximum absolute atomic E-state index is 9.28. The molecule has 14 heavy (non-hydrogen) atoms. The predicted molar refractivity (Wildman–Crippen MR) is 59.0 cm³/mol. The number of hydrogen-bond acceptors (Lipinski definition) is 1. The third-order valence-electron chi connectivity index (χ3n) is 4.81. The molecule has 0 aliphatic heterocycles. The fourth-order valence-corrected chi connectivity index (χ4v) is 3.43. The molecule has 0 saturated heterocycles. The molecule has 3 atom stereocenters. The molecule has 0 aromatic rings. The number of aliphatic hydroxyl groups excluding tert-OH is 1. The van der Waals surface area contributed by atoms with Gasteiger partial charge in [0.15, 0.2) is 0 Å². The first-order valence-corrected chi connectivity index (χ1v) is 6.28. The van der Waals surface area contributed by atoms with E-state index in [1.54, 1.807) is 0 Å². The van der Waals surface area contributed by atoms with E-state index < -0.39 is 0 Å². The largest absolute Gasteiger partial charge is 0.396 e. The Labute approximate surface area is 87.9 Å². The second-order valence-electron chi connectivity index (χ2n) is 5.88. The van der Waals surface area contributed by atoms with Crippen LogP contribution in [-0.4, -0.2) is 11.7 Å². The van der Waals surface area contributed by atoms with Crippen LogP contribution in [0.5, 0.6) is 0 Å². The minimum absolute atomic E-state index is 0.289. The van der Waals surface area contributed by atoms with Crippen LogP contribution in [0.1, 0.15) is 52.4 Å². The van der Waals surface area contributed by atoms with E-state index in [1.807, 2.05) is 0 Å². The summed E-state index contributed by atoms with van der Waals surface area (Å²) in [6.07, 6.45) is 8.49. The van der Waals surface area contributed by atoms with Crippen LogP contribution in [0.15, 0.2) is 0 Å². The van der Waals surface area contributed by atoms with Crippen molar-refractivity contribution in [3.63, 3.8) is 0 Å². The van der Waals surface area contributed by atoms with Crippen LogP contribution in [-0.2, 0) is 0 Å². The minimum Gasteiger partial charge on any atom is -0.396 e. The molecule has 0 bridgehead atoms. The Hall–Kier alpha value is -0.0400. The lowest BCUT2D eigenvalue weighted by Gasteiger charge is -2.29. The first-order chi connectivity index (χ1) is 6.67. The highest BCUT2D eigenvalue weighted by molar-refractivity contribution is 5.02. The van der Waals surface area contributed by atoms with Crippen molar-refractivity contribution in [2.24, 2.45) is 23.2 Å². The van der Waals surface area contributed by atoms with E-state index in [0.29, 0.717) is 6.61 Å². The number of hydrogen-bond donors (Lipinski definition) is 1. The van der Waals surface area contributed by atoms with Gasteiger partial charge in [0.05, 0.1) is 0 Å². The van der Waals surface area contributed by atoms with Gasteiger partial charge in [-0.05, 0) is 29.6 Å². The van der Waals surface area contributed by atoms with E-state index >= 15 is 0 Å². The van der Waals surface area contributed by atoms with Gasteiger partial charge < -0.3 is 5.11 Å². The summed E-state index contributed by atoms with van der Waals surface area (Å²) in [5.41, 5.74) is 0.289. The predicted octanol–water partition coefficient (Wildman–Crippen LogP) is 3.22. The molecule has 0 spiro atoms. The van der Waals surface area contributed by atoms with Crippen molar-refractivity contribution >= 4 is 0 Å². The molecule has 1 N–H and O–H groups in total. The first-order valence-electron chi connectivity index (χ1n) is 6.28. The summed E-state index contributed by atoms with van der Waals surface area (Å²) in [5.74, 6) is 2.63. The molecule has 0 aromatic heterocycles. The van der Waals surface area contributed by atoms with Gasteiger partial charge in [-0.15, -0.1) is 0 Å². The molecule has 2 rings (SSSR count). The van der Waals surface area contributed by atoms with E-state index in [9.17, 15) is 5.11 Å². The van der Waals surface area contributed by atoms with Crippen molar-refractivity contribution in [3.05, 3.63) is 0 Å². The van der Waals surface area contributed by atoms with E-state index in [-0.39, 0.29) is 5.41 Å². The van der Waals surface area contributed by atoms with Crippen LogP contribution < -0.4 is 0 Å². The molecule has 1 heteroatoms. The molecule has 1 nitrogen and oxygen atoms in total. The molecule has 2 saturated carbocycles. The third-order valence-corrected chi connectivity index (χ3v) is 4.81. The maximum Gasteiger partial charge on any atom is 0.0487 e. The Bertz CT molecular complexity index is 191. The van der Waals surface area contributed by atoms with Gasteiger partial charge in [-0.1, -0.05) is 46.0 Å². The highest BCUT2D eigenvalue weighted by Gasteiger charge is 2.53. The fourth-order valence-electron chi connectivity index (χ4n) is 3.43. The average molecular weight is 196 g/mol. The van der Waals surface area contributed by atoms with E-state index in [2.05, 4.69) is 13.8 Å². The highest BCUT2D eigenvalue weighted by Crippen LogP contribution is 2.58. The van der Waals surface area contributed by atoms with Gasteiger partial charge >= 0.3 is 0 Å². The van der Waals surface area contributed by atoms with E-state index in [1.165, 1.54) is 38.5 Å². The van der Waals surface area contributed by atoms with Gasteiger partial charge in [0.2, 0.25) is 0 Å². The van der Waals surface area contributed by atoms with Crippen LogP contribution in [0.4, 0.5) is 0 Å². The van der Waals surface area contributed by atoms with Crippen molar-refractivity contribution in [3.8, 4) is 0 Å². The Morgan fingerprint density at radius 3 is 2.43 bits per heavy atom. The minimum atomic E-state index is 0.289. The van der Waals surface area contributed by atoms with Gasteiger partial charge in [-0.2, -0.15) is 0 Å².